The van der Waals surface area contributed by atoms with Gasteiger partial charge in [-0.1, -0.05) is 20.8 Å². The summed E-state index contributed by atoms with van der Waals surface area (Å²) >= 11 is 0. The van der Waals surface area contributed by atoms with Crippen LogP contribution in [-0.4, -0.2) is 31.7 Å². The molecule has 0 fully saturated rings. The van der Waals surface area contributed by atoms with Gasteiger partial charge in [0.15, 0.2) is 5.82 Å². The molecule has 7 heteroatoms. The molecule has 0 radical (unpaired) electrons. The zero-order valence-corrected chi connectivity index (χ0v) is 12.4. The normalized spacial score (nSPS) is 13.0. The Morgan fingerprint density at radius 2 is 2.19 bits per heavy atom. The van der Waals surface area contributed by atoms with Crippen LogP contribution in [-0.2, 0) is 4.79 Å². The van der Waals surface area contributed by atoms with Crippen molar-refractivity contribution in [2.45, 2.75) is 33.2 Å². The first-order valence-electron chi connectivity index (χ1n) is 6.73. The first-order valence-corrected chi connectivity index (χ1v) is 6.73. The van der Waals surface area contributed by atoms with Crippen LogP contribution in [0.1, 0.15) is 27.2 Å². The fourth-order valence-corrected chi connectivity index (χ4v) is 1.64. The third-order valence-corrected chi connectivity index (χ3v) is 3.20. The van der Waals surface area contributed by atoms with E-state index in [4.69, 9.17) is 5.73 Å². The number of carbonyl (C=O) groups is 1. The molecule has 0 aliphatic rings. The Morgan fingerprint density at radius 3 is 2.71 bits per heavy atom. The van der Waals surface area contributed by atoms with Gasteiger partial charge in [0.05, 0.1) is 11.9 Å². The van der Waals surface area contributed by atoms with Gasteiger partial charge in [-0.05, 0) is 17.5 Å². The number of anilines is 1. The van der Waals surface area contributed by atoms with E-state index < -0.39 is 0 Å². The summed E-state index contributed by atoms with van der Waals surface area (Å²) in [4.78, 5) is 20.0. The third kappa shape index (κ3) is 4.09. The molecule has 2 heterocycles. The van der Waals surface area contributed by atoms with Crippen molar-refractivity contribution in [1.82, 2.24) is 19.7 Å². The largest absolute Gasteiger partial charge is 0.327 e. The lowest BCUT2D eigenvalue weighted by molar-refractivity contribution is -0.117. The summed E-state index contributed by atoms with van der Waals surface area (Å²) in [7, 11) is 0. The lowest BCUT2D eigenvalue weighted by atomic mass is 9.85. The smallest absolute Gasteiger partial charge is 0.225 e. The van der Waals surface area contributed by atoms with E-state index >= 15 is 0 Å². The number of nitrogens with zero attached hydrogens (tertiary/aromatic N) is 4. The minimum absolute atomic E-state index is 0.105. The maximum absolute atomic E-state index is 11.9. The quantitative estimate of drug-likeness (QED) is 0.885. The van der Waals surface area contributed by atoms with Gasteiger partial charge in [0, 0.05) is 12.5 Å². The lowest BCUT2D eigenvalue weighted by Crippen LogP contribution is -2.38. The highest BCUT2D eigenvalue weighted by Crippen LogP contribution is 2.20. The second-order valence-electron chi connectivity index (χ2n) is 5.97. The van der Waals surface area contributed by atoms with Crippen LogP contribution in [0.5, 0.6) is 0 Å². The van der Waals surface area contributed by atoms with Gasteiger partial charge >= 0.3 is 0 Å². The molecular formula is C14H20N6O. The van der Waals surface area contributed by atoms with Gasteiger partial charge in [-0.15, -0.1) is 0 Å². The van der Waals surface area contributed by atoms with E-state index in [2.05, 4.69) is 20.4 Å². The Bertz CT molecular complexity index is 585. The maximum atomic E-state index is 11.9. The van der Waals surface area contributed by atoms with E-state index in [-0.39, 0.29) is 23.8 Å². The number of rotatable bonds is 4. The minimum Gasteiger partial charge on any atom is -0.327 e. The number of pyridine rings is 1. The van der Waals surface area contributed by atoms with Crippen molar-refractivity contribution < 1.29 is 4.79 Å². The number of amides is 1. The molecule has 7 nitrogen and oxygen atoms in total. The Balaban J connectivity index is 1.96. The highest BCUT2D eigenvalue weighted by molar-refractivity contribution is 5.91. The van der Waals surface area contributed by atoms with Crippen LogP contribution in [0, 0.1) is 5.41 Å². The molecule has 2 aromatic heterocycles. The van der Waals surface area contributed by atoms with Crippen molar-refractivity contribution in [2.24, 2.45) is 11.1 Å². The summed E-state index contributed by atoms with van der Waals surface area (Å²) < 4.78 is 1.54. The molecule has 112 valence electrons. The summed E-state index contributed by atoms with van der Waals surface area (Å²) in [6, 6.07) is 3.33. The first-order chi connectivity index (χ1) is 9.86. The molecule has 2 aromatic rings. The number of hydrogen-bond donors (Lipinski definition) is 2. The first kappa shape index (κ1) is 15.1. The molecule has 1 amide bonds. The predicted molar refractivity (Wildman–Crippen MR) is 79.8 cm³/mol. The van der Waals surface area contributed by atoms with E-state index in [1.165, 1.54) is 6.33 Å². The van der Waals surface area contributed by atoms with Gasteiger partial charge in [-0.3, -0.25) is 4.79 Å². The molecule has 0 aromatic carbocycles. The van der Waals surface area contributed by atoms with Gasteiger partial charge in [0.2, 0.25) is 5.91 Å². The molecule has 0 spiro atoms. The van der Waals surface area contributed by atoms with Gasteiger partial charge < -0.3 is 11.1 Å². The molecule has 0 saturated heterocycles. The number of nitrogens with one attached hydrogen (secondary N) is 1. The van der Waals surface area contributed by atoms with Crippen molar-refractivity contribution in [3.05, 3.63) is 31.0 Å². The highest BCUT2D eigenvalue weighted by atomic mass is 16.1. The molecule has 1 atom stereocenters. The third-order valence-electron chi connectivity index (χ3n) is 3.20. The van der Waals surface area contributed by atoms with Crippen LogP contribution in [0.15, 0.2) is 31.0 Å². The van der Waals surface area contributed by atoms with Crippen molar-refractivity contribution in [2.75, 3.05) is 5.32 Å². The molecule has 0 saturated carbocycles. The van der Waals surface area contributed by atoms with Gasteiger partial charge in [-0.2, -0.15) is 5.10 Å². The average Bonchev–Trinajstić information content (AvgIpc) is 2.92. The van der Waals surface area contributed by atoms with Crippen LogP contribution in [0.4, 0.5) is 5.69 Å². The summed E-state index contributed by atoms with van der Waals surface area (Å²) in [6.45, 7) is 6.04. The average molecular weight is 288 g/mol. The minimum atomic E-state index is -0.195. The van der Waals surface area contributed by atoms with Crippen molar-refractivity contribution in [3.8, 4) is 5.82 Å². The predicted octanol–water partition coefficient (Wildman–Crippen LogP) is 1.36. The Hall–Kier alpha value is -2.28. The van der Waals surface area contributed by atoms with Gasteiger partial charge in [0.25, 0.3) is 0 Å². The fraction of sp³-hybridized carbons (Fsp3) is 0.429. The molecule has 0 bridgehead atoms. The van der Waals surface area contributed by atoms with E-state index in [0.717, 1.165) is 0 Å². The summed E-state index contributed by atoms with van der Waals surface area (Å²) in [5, 5.41) is 6.77. The van der Waals surface area contributed by atoms with Crippen LogP contribution < -0.4 is 11.1 Å². The van der Waals surface area contributed by atoms with Crippen molar-refractivity contribution in [3.63, 3.8) is 0 Å². The molecule has 21 heavy (non-hydrogen) atoms. The number of carbonyl (C=O) groups excluding carboxylic acids is 1. The summed E-state index contributed by atoms with van der Waals surface area (Å²) in [5.74, 6) is 0.518. The fourth-order valence-electron chi connectivity index (χ4n) is 1.64. The SMILES string of the molecule is CC(C)(C)C(N)CC(=O)Nc1ccc(-n2cncn2)nc1. The Morgan fingerprint density at radius 1 is 1.43 bits per heavy atom. The maximum Gasteiger partial charge on any atom is 0.225 e. The number of hydrogen-bond acceptors (Lipinski definition) is 5. The molecule has 3 N–H and O–H groups in total. The van der Waals surface area contributed by atoms with Crippen LogP contribution >= 0.6 is 0 Å². The van der Waals surface area contributed by atoms with Crippen molar-refractivity contribution >= 4 is 11.6 Å². The molecule has 2 rings (SSSR count). The van der Waals surface area contributed by atoms with Crippen LogP contribution in [0.3, 0.4) is 0 Å². The molecular weight excluding hydrogens is 268 g/mol. The number of aromatic nitrogens is 4. The van der Waals surface area contributed by atoms with E-state index in [1.807, 2.05) is 20.8 Å². The second kappa shape index (κ2) is 6.01. The van der Waals surface area contributed by atoms with Gasteiger partial charge in [0.1, 0.15) is 12.7 Å². The van der Waals surface area contributed by atoms with E-state index in [1.54, 1.807) is 29.3 Å². The zero-order chi connectivity index (χ0) is 15.5. The van der Waals surface area contributed by atoms with Crippen LogP contribution in [0.2, 0.25) is 0 Å². The van der Waals surface area contributed by atoms with Gasteiger partial charge in [-0.25, -0.2) is 14.6 Å². The second-order valence-corrected chi connectivity index (χ2v) is 5.97. The Labute approximate surface area is 123 Å². The molecule has 1 unspecified atom stereocenters. The molecule has 0 aliphatic carbocycles. The van der Waals surface area contributed by atoms with Crippen LogP contribution in [0.25, 0.3) is 5.82 Å². The monoisotopic (exact) mass is 288 g/mol. The summed E-state index contributed by atoms with van der Waals surface area (Å²) in [6.07, 6.45) is 4.85. The lowest BCUT2D eigenvalue weighted by Gasteiger charge is -2.26. The number of nitrogens with two attached hydrogens (primary N) is 1. The zero-order valence-electron chi connectivity index (χ0n) is 12.4. The van der Waals surface area contributed by atoms with Crippen molar-refractivity contribution in [1.29, 1.82) is 0 Å². The Kier molecular flexibility index (Phi) is 4.32. The highest BCUT2D eigenvalue weighted by Gasteiger charge is 2.23. The summed E-state index contributed by atoms with van der Waals surface area (Å²) in [5.41, 5.74) is 6.52. The van der Waals surface area contributed by atoms with E-state index in [0.29, 0.717) is 11.5 Å². The standard InChI is InChI=1S/C14H20N6O/c1-14(2,3)11(15)6-13(21)19-10-4-5-12(17-7-10)20-9-16-8-18-20/h4-5,7-9,11H,6,15H2,1-3H3,(H,19,21). The molecule has 0 aliphatic heterocycles. The van der Waals surface area contributed by atoms with E-state index in [9.17, 15) is 4.79 Å². The topological polar surface area (TPSA) is 98.7 Å².